The van der Waals surface area contributed by atoms with Crippen LogP contribution in [0.4, 0.5) is 0 Å². The highest BCUT2D eigenvalue weighted by atomic mass is 16.4. The number of rotatable bonds is 3. The zero-order chi connectivity index (χ0) is 12.3. The molecule has 1 heterocycles. The number of carboxylic acids is 1. The molecule has 0 spiro atoms. The van der Waals surface area contributed by atoms with E-state index in [0.717, 1.165) is 11.8 Å². The van der Waals surface area contributed by atoms with E-state index < -0.39 is 17.1 Å². The molecule has 17 heavy (non-hydrogen) atoms. The van der Waals surface area contributed by atoms with Crippen LogP contribution in [0.2, 0.25) is 0 Å². The first-order chi connectivity index (χ1) is 8.16. The molecule has 1 aromatic carbocycles. The highest BCUT2D eigenvalue weighted by Gasteiger charge is 2.03. The smallest absolute Gasteiger partial charge is 0.259 e. The summed E-state index contributed by atoms with van der Waals surface area (Å²) in [6, 6.07) is 9.43. The summed E-state index contributed by atoms with van der Waals surface area (Å²) in [6.45, 7) is 0. The van der Waals surface area contributed by atoms with Crippen molar-refractivity contribution in [2.45, 2.75) is 6.42 Å². The third-order valence-electron chi connectivity index (χ3n) is 2.29. The fraction of sp³-hybridized carbons (Fsp3) is 0.0833. The zero-order valence-electron chi connectivity index (χ0n) is 8.84. The summed E-state index contributed by atoms with van der Waals surface area (Å²) in [5, 5.41) is 10.5. The van der Waals surface area contributed by atoms with Crippen LogP contribution in [0.25, 0.3) is 0 Å². The van der Waals surface area contributed by atoms with E-state index in [1.54, 1.807) is 0 Å². The molecule has 2 rings (SSSR count). The lowest BCUT2D eigenvalue weighted by molar-refractivity contribution is -0.255. The predicted molar refractivity (Wildman–Crippen MR) is 58.4 cm³/mol. The van der Waals surface area contributed by atoms with E-state index in [4.69, 9.17) is 0 Å². The van der Waals surface area contributed by atoms with Crippen molar-refractivity contribution in [3.05, 3.63) is 63.8 Å². The molecule has 0 unspecified atom stereocenters. The molecular weight excluding hydrogens is 220 g/mol. The Labute approximate surface area is 96.8 Å². The summed E-state index contributed by atoms with van der Waals surface area (Å²) in [6.07, 6.45) is 1.47. The fourth-order valence-corrected chi connectivity index (χ4v) is 1.46. The molecule has 0 bridgehead atoms. The van der Waals surface area contributed by atoms with Gasteiger partial charge >= 0.3 is 0 Å². The van der Waals surface area contributed by atoms with Crippen LogP contribution < -0.4 is 10.7 Å². The maximum atomic E-state index is 11.4. The summed E-state index contributed by atoms with van der Waals surface area (Å²) in [5.41, 5.74) is -0.162. The molecule has 0 fully saturated rings. The molecule has 0 aliphatic heterocycles. The van der Waals surface area contributed by atoms with E-state index in [-0.39, 0.29) is 0 Å². The second kappa shape index (κ2) is 4.61. The molecule has 0 atom stereocenters. The molecule has 5 heteroatoms. The predicted octanol–water partition coefficient (Wildman–Crippen LogP) is -0.276. The average Bonchev–Trinajstić information content (AvgIpc) is 2.30. The molecule has 0 saturated heterocycles. The molecule has 0 radical (unpaired) electrons. The Bertz CT molecular complexity index is 590. The van der Waals surface area contributed by atoms with Gasteiger partial charge in [0.15, 0.2) is 0 Å². The lowest BCUT2D eigenvalue weighted by Gasteiger charge is -2.03. The van der Waals surface area contributed by atoms with Gasteiger partial charge < -0.3 is 14.9 Å². The van der Waals surface area contributed by atoms with Crippen LogP contribution in [0.1, 0.15) is 21.7 Å². The van der Waals surface area contributed by atoms with Gasteiger partial charge in [0.1, 0.15) is 5.82 Å². The minimum atomic E-state index is -1.52. The van der Waals surface area contributed by atoms with Gasteiger partial charge in [-0.25, -0.2) is 4.98 Å². The number of aromatic amines is 1. The third kappa shape index (κ3) is 2.57. The van der Waals surface area contributed by atoms with Crippen LogP contribution in [0.5, 0.6) is 0 Å². The second-order valence-electron chi connectivity index (χ2n) is 3.52. The monoisotopic (exact) mass is 229 g/mol. The number of carboxylic acid groups (broad SMARTS) is 1. The van der Waals surface area contributed by atoms with Gasteiger partial charge in [-0.15, -0.1) is 0 Å². The second-order valence-corrected chi connectivity index (χ2v) is 3.52. The number of nitrogens with one attached hydrogen (secondary N) is 1. The number of aromatic carboxylic acids is 1. The van der Waals surface area contributed by atoms with E-state index in [1.165, 1.54) is 0 Å². The van der Waals surface area contributed by atoms with Crippen molar-refractivity contribution in [2.75, 3.05) is 0 Å². The number of carbonyl (C=O) groups excluding carboxylic acids is 1. The molecular formula is C12H9N2O3-. The van der Waals surface area contributed by atoms with Crippen LogP contribution in [0, 0.1) is 0 Å². The van der Waals surface area contributed by atoms with Gasteiger partial charge in [-0.2, -0.15) is 0 Å². The van der Waals surface area contributed by atoms with E-state index in [1.807, 2.05) is 30.3 Å². The molecule has 2 aromatic rings. The van der Waals surface area contributed by atoms with Crippen molar-refractivity contribution in [3.63, 3.8) is 0 Å². The largest absolute Gasteiger partial charge is 0.545 e. The van der Waals surface area contributed by atoms with Crippen molar-refractivity contribution in [1.29, 1.82) is 0 Å². The minimum Gasteiger partial charge on any atom is -0.545 e. The third-order valence-corrected chi connectivity index (χ3v) is 2.29. The molecule has 0 amide bonds. The van der Waals surface area contributed by atoms with Gasteiger partial charge in [0.05, 0.1) is 11.5 Å². The Kier molecular flexibility index (Phi) is 3.00. The normalized spacial score (nSPS) is 10.1. The number of nitrogens with zero attached hydrogens (tertiary/aromatic N) is 1. The van der Waals surface area contributed by atoms with Crippen LogP contribution in [0.15, 0.2) is 41.3 Å². The molecule has 0 aliphatic rings. The maximum absolute atomic E-state index is 11.4. The first-order valence-corrected chi connectivity index (χ1v) is 5.00. The average molecular weight is 229 g/mol. The van der Waals surface area contributed by atoms with Crippen LogP contribution >= 0.6 is 0 Å². The van der Waals surface area contributed by atoms with Crippen LogP contribution in [-0.4, -0.2) is 15.9 Å². The van der Waals surface area contributed by atoms with E-state index in [9.17, 15) is 14.7 Å². The Hall–Kier alpha value is -2.43. The van der Waals surface area contributed by atoms with Gasteiger partial charge in [-0.3, -0.25) is 4.79 Å². The summed E-state index contributed by atoms with van der Waals surface area (Å²) >= 11 is 0. The maximum Gasteiger partial charge on any atom is 0.259 e. The van der Waals surface area contributed by atoms with Gasteiger partial charge in [-0.1, -0.05) is 30.3 Å². The van der Waals surface area contributed by atoms with E-state index in [2.05, 4.69) is 9.97 Å². The van der Waals surface area contributed by atoms with E-state index in [0.29, 0.717) is 12.2 Å². The molecule has 1 aromatic heterocycles. The fourth-order valence-electron chi connectivity index (χ4n) is 1.46. The number of carbonyl (C=O) groups is 1. The van der Waals surface area contributed by atoms with Crippen molar-refractivity contribution in [2.24, 2.45) is 0 Å². The topological polar surface area (TPSA) is 85.9 Å². The Balaban J connectivity index is 2.27. The number of aromatic nitrogens is 2. The highest BCUT2D eigenvalue weighted by Crippen LogP contribution is 2.03. The first kappa shape index (κ1) is 11.1. The standard InChI is InChI=1S/C12H10N2O3/c15-11-9(12(16)17)7-13-10(14-11)6-8-4-2-1-3-5-8/h1-5,7H,6H2,(H,16,17)(H,13,14,15)/p-1. The van der Waals surface area contributed by atoms with Crippen LogP contribution in [0.3, 0.4) is 0 Å². The van der Waals surface area contributed by atoms with Crippen molar-refractivity contribution in [3.8, 4) is 0 Å². The van der Waals surface area contributed by atoms with E-state index >= 15 is 0 Å². The molecule has 86 valence electrons. The summed E-state index contributed by atoms with van der Waals surface area (Å²) in [4.78, 5) is 28.2. The van der Waals surface area contributed by atoms with Gasteiger partial charge in [-0.05, 0) is 5.56 Å². The van der Waals surface area contributed by atoms with Gasteiger partial charge in [0.25, 0.3) is 5.56 Å². The summed E-state index contributed by atoms with van der Waals surface area (Å²) < 4.78 is 0. The lowest BCUT2D eigenvalue weighted by Crippen LogP contribution is -2.30. The summed E-state index contributed by atoms with van der Waals surface area (Å²) in [7, 11) is 0. The number of hydrogen-bond acceptors (Lipinski definition) is 4. The number of H-pyrrole nitrogens is 1. The SMILES string of the molecule is O=C([O-])c1cnc(Cc2ccccc2)[nH]c1=O. The number of benzene rings is 1. The molecule has 1 N–H and O–H groups in total. The van der Waals surface area contributed by atoms with Crippen LogP contribution in [-0.2, 0) is 6.42 Å². The van der Waals surface area contributed by atoms with Gasteiger partial charge in [0.2, 0.25) is 0 Å². The molecule has 5 nitrogen and oxygen atoms in total. The molecule has 0 saturated carbocycles. The zero-order valence-corrected chi connectivity index (χ0v) is 8.84. The highest BCUT2D eigenvalue weighted by molar-refractivity contribution is 5.84. The van der Waals surface area contributed by atoms with Crippen molar-refractivity contribution >= 4 is 5.97 Å². The first-order valence-electron chi connectivity index (χ1n) is 5.00. The lowest BCUT2D eigenvalue weighted by atomic mass is 10.1. The Morgan fingerprint density at radius 2 is 2.00 bits per heavy atom. The van der Waals surface area contributed by atoms with Crippen molar-refractivity contribution in [1.82, 2.24) is 9.97 Å². The van der Waals surface area contributed by atoms with Crippen molar-refractivity contribution < 1.29 is 9.90 Å². The summed E-state index contributed by atoms with van der Waals surface area (Å²) in [5.74, 6) is -1.10. The Morgan fingerprint density at radius 3 is 2.59 bits per heavy atom. The van der Waals surface area contributed by atoms with Gasteiger partial charge in [0, 0.05) is 12.6 Å². The Morgan fingerprint density at radius 1 is 1.29 bits per heavy atom. The minimum absolute atomic E-state index is 0.422. The molecule has 0 aliphatic carbocycles. The quantitative estimate of drug-likeness (QED) is 0.784. The number of hydrogen-bond donors (Lipinski definition) is 1.